The maximum absolute atomic E-state index is 10.6. The molecule has 0 radical (unpaired) electrons. The number of aliphatic carboxylic acids is 1. The Labute approximate surface area is 142 Å². The van der Waals surface area contributed by atoms with Gasteiger partial charge in [-0.1, -0.05) is 12.1 Å². The van der Waals surface area contributed by atoms with Gasteiger partial charge in [0.15, 0.2) is 6.61 Å². The van der Waals surface area contributed by atoms with Crippen molar-refractivity contribution in [3.8, 4) is 5.75 Å². The van der Waals surface area contributed by atoms with Crippen molar-refractivity contribution in [2.45, 2.75) is 13.8 Å². The van der Waals surface area contributed by atoms with Gasteiger partial charge in [-0.15, -0.1) is 0 Å². The van der Waals surface area contributed by atoms with Gasteiger partial charge in [-0.3, -0.25) is 4.99 Å². The van der Waals surface area contributed by atoms with Gasteiger partial charge in [0.2, 0.25) is 0 Å². The normalized spacial score (nSPS) is 10.8. The molecule has 5 heteroatoms. The number of carbonyl (C=O) groups is 1. The predicted molar refractivity (Wildman–Crippen MR) is 96.8 cm³/mol. The number of hydrogen-bond donors (Lipinski definition) is 1. The first-order chi connectivity index (χ1) is 11.6. The Morgan fingerprint density at radius 2 is 1.79 bits per heavy atom. The summed E-state index contributed by atoms with van der Waals surface area (Å²) < 4.78 is 5.27. The fourth-order valence-corrected chi connectivity index (χ4v) is 2.34. The zero-order valence-corrected chi connectivity index (χ0v) is 14.0. The van der Waals surface area contributed by atoms with Crippen LogP contribution in [0, 0.1) is 0 Å². The number of carboxylic acid groups (broad SMARTS) is 1. The number of hydrogen-bond acceptors (Lipinski definition) is 4. The van der Waals surface area contributed by atoms with Crippen molar-refractivity contribution in [3.05, 3.63) is 54.1 Å². The van der Waals surface area contributed by atoms with E-state index in [0.29, 0.717) is 5.75 Å². The van der Waals surface area contributed by atoms with Gasteiger partial charge in [-0.2, -0.15) is 0 Å². The highest BCUT2D eigenvalue weighted by molar-refractivity contribution is 5.85. The van der Waals surface area contributed by atoms with Crippen LogP contribution in [0.25, 0.3) is 0 Å². The lowest BCUT2D eigenvalue weighted by Crippen LogP contribution is -2.21. The number of aliphatic imine (C=N–C) groups is 1. The van der Waals surface area contributed by atoms with E-state index in [9.17, 15) is 4.79 Å². The molecule has 0 atom stereocenters. The molecule has 0 unspecified atom stereocenters. The number of ether oxygens (including phenoxy) is 1. The zero-order valence-electron chi connectivity index (χ0n) is 14.0. The molecule has 2 aromatic carbocycles. The molecule has 0 aromatic heterocycles. The lowest BCUT2D eigenvalue weighted by atomic mass is 10.2. The van der Waals surface area contributed by atoms with Crippen LogP contribution in [0.4, 0.5) is 11.4 Å². The van der Waals surface area contributed by atoms with Crippen LogP contribution in [0.2, 0.25) is 0 Å². The van der Waals surface area contributed by atoms with Gasteiger partial charge >= 0.3 is 5.97 Å². The van der Waals surface area contributed by atoms with Crippen molar-refractivity contribution in [1.82, 2.24) is 0 Å². The highest BCUT2D eigenvalue weighted by Gasteiger charge is 2.04. The van der Waals surface area contributed by atoms with E-state index in [0.717, 1.165) is 24.3 Å². The van der Waals surface area contributed by atoms with Gasteiger partial charge < -0.3 is 14.7 Å². The molecule has 2 rings (SSSR count). The van der Waals surface area contributed by atoms with Gasteiger partial charge in [-0.05, 0) is 50.2 Å². The molecule has 1 N–H and O–H groups in total. The van der Waals surface area contributed by atoms with Crippen LogP contribution in [0.5, 0.6) is 5.75 Å². The minimum Gasteiger partial charge on any atom is -0.481 e. The predicted octanol–water partition coefficient (Wildman–Crippen LogP) is 3.75. The largest absolute Gasteiger partial charge is 0.481 e. The van der Waals surface area contributed by atoms with E-state index in [-0.39, 0.29) is 6.61 Å². The van der Waals surface area contributed by atoms with E-state index in [1.54, 1.807) is 18.3 Å². The van der Waals surface area contributed by atoms with Gasteiger partial charge in [0.25, 0.3) is 0 Å². The quantitative estimate of drug-likeness (QED) is 0.751. The van der Waals surface area contributed by atoms with Crippen molar-refractivity contribution in [3.63, 3.8) is 0 Å². The molecule has 0 bridgehead atoms. The summed E-state index contributed by atoms with van der Waals surface area (Å²) in [6.07, 6.45) is 1.68. The van der Waals surface area contributed by atoms with Crippen LogP contribution in [-0.2, 0) is 4.79 Å². The monoisotopic (exact) mass is 326 g/mol. The number of anilines is 1. The molecule has 0 spiro atoms. The Balaban J connectivity index is 2.12. The number of carboxylic acids is 1. The molecule has 24 heavy (non-hydrogen) atoms. The summed E-state index contributed by atoms with van der Waals surface area (Å²) in [6.45, 7) is 5.82. The van der Waals surface area contributed by atoms with Crippen molar-refractivity contribution >= 4 is 23.6 Å². The smallest absolute Gasteiger partial charge is 0.341 e. The Bertz CT molecular complexity index is 692. The molecule has 0 saturated heterocycles. The van der Waals surface area contributed by atoms with E-state index in [1.165, 1.54) is 5.69 Å². The third kappa shape index (κ3) is 4.84. The molecular weight excluding hydrogens is 304 g/mol. The highest BCUT2D eigenvalue weighted by atomic mass is 16.5. The maximum atomic E-state index is 10.6. The second-order valence-corrected chi connectivity index (χ2v) is 5.17. The molecule has 0 saturated carbocycles. The Kier molecular flexibility index (Phi) is 6.37. The van der Waals surface area contributed by atoms with Crippen LogP contribution >= 0.6 is 0 Å². The first kappa shape index (κ1) is 17.5. The topological polar surface area (TPSA) is 62.1 Å². The molecule has 0 amide bonds. The van der Waals surface area contributed by atoms with E-state index < -0.39 is 5.97 Å². The zero-order chi connectivity index (χ0) is 17.4. The fraction of sp³-hybridized carbons (Fsp3) is 0.263. The van der Waals surface area contributed by atoms with Crippen LogP contribution in [0.15, 0.2) is 53.5 Å². The molecule has 0 aliphatic carbocycles. The summed E-state index contributed by atoms with van der Waals surface area (Å²) in [5, 5.41) is 8.72. The average Bonchev–Trinajstić information content (AvgIpc) is 2.61. The minimum atomic E-state index is -1.01. The van der Waals surface area contributed by atoms with Crippen molar-refractivity contribution in [1.29, 1.82) is 0 Å². The van der Waals surface area contributed by atoms with E-state index >= 15 is 0 Å². The van der Waals surface area contributed by atoms with E-state index in [1.807, 2.05) is 36.4 Å². The Morgan fingerprint density at radius 3 is 2.42 bits per heavy atom. The van der Waals surface area contributed by atoms with Crippen molar-refractivity contribution in [2.24, 2.45) is 4.99 Å². The van der Waals surface area contributed by atoms with Crippen LogP contribution in [-0.4, -0.2) is 37.0 Å². The summed E-state index contributed by atoms with van der Waals surface area (Å²) >= 11 is 0. The molecule has 0 aliphatic rings. The van der Waals surface area contributed by atoms with Crippen LogP contribution in [0.3, 0.4) is 0 Å². The summed E-state index contributed by atoms with van der Waals surface area (Å²) in [4.78, 5) is 17.3. The van der Waals surface area contributed by atoms with Crippen LogP contribution in [0.1, 0.15) is 19.4 Å². The van der Waals surface area contributed by atoms with Crippen LogP contribution < -0.4 is 9.64 Å². The SMILES string of the molecule is CCN(CC)c1ccc(N=Cc2ccccc2OCC(=O)O)cc1. The standard InChI is InChI=1S/C19H22N2O3/c1-3-21(4-2)17-11-9-16(10-12-17)20-13-15-7-5-6-8-18(15)24-14-19(22)23/h5-13H,3-4,14H2,1-2H3,(H,22,23). The van der Waals surface area contributed by atoms with Gasteiger partial charge in [-0.25, -0.2) is 4.79 Å². The second-order valence-electron chi connectivity index (χ2n) is 5.17. The fourth-order valence-electron chi connectivity index (χ4n) is 2.34. The third-order valence-electron chi connectivity index (χ3n) is 3.60. The minimum absolute atomic E-state index is 0.372. The number of benzene rings is 2. The molecule has 2 aromatic rings. The molecule has 0 aliphatic heterocycles. The molecule has 0 heterocycles. The molecule has 5 nitrogen and oxygen atoms in total. The highest BCUT2D eigenvalue weighted by Crippen LogP contribution is 2.21. The lowest BCUT2D eigenvalue weighted by molar-refractivity contribution is -0.139. The third-order valence-corrected chi connectivity index (χ3v) is 3.60. The summed E-state index contributed by atoms with van der Waals surface area (Å²) in [5.74, 6) is -0.503. The first-order valence-corrected chi connectivity index (χ1v) is 7.96. The second kappa shape index (κ2) is 8.72. The summed E-state index contributed by atoms with van der Waals surface area (Å²) in [6, 6.07) is 15.2. The molecular formula is C19H22N2O3. The number of rotatable bonds is 8. The van der Waals surface area contributed by atoms with E-state index in [4.69, 9.17) is 9.84 Å². The van der Waals surface area contributed by atoms with E-state index in [2.05, 4.69) is 23.7 Å². The molecule has 126 valence electrons. The molecule has 0 fully saturated rings. The van der Waals surface area contributed by atoms with Crippen molar-refractivity contribution < 1.29 is 14.6 Å². The Hall–Kier alpha value is -2.82. The summed E-state index contributed by atoms with van der Waals surface area (Å²) in [7, 11) is 0. The van der Waals surface area contributed by atoms with Gasteiger partial charge in [0.1, 0.15) is 5.75 Å². The Morgan fingerprint density at radius 1 is 1.12 bits per heavy atom. The van der Waals surface area contributed by atoms with Gasteiger partial charge in [0.05, 0.1) is 5.69 Å². The average molecular weight is 326 g/mol. The van der Waals surface area contributed by atoms with Gasteiger partial charge in [0, 0.05) is 30.6 Å². The number of nitrogens with zero attached hydrogens (tertiary/aromatic N) is 2. The maximum Gasteiger partial charge on any atom is 0.341 e. The first-order valence-electron chi connectivity index (χ1n) is 7.96. The number of para-hydroxylation sites is 1. The summed E-state index contributed by atoms with van der Waals surface area (Å²) in [5.41, 5.74) is 2.75. The lowest BCUT2D eigenvalue weighted by Gasteiger charge is -2.20. The van der Waals surface area contributed by atoms with Crippen molar-refractivity contribution in [2.75, 3.05) is 24.6 Å².